The molecule has 3 rings (SSSR count). The van der Waals surface area contributed by atoms with Gasteiger partial charge in [0.25, 0.3) is 10.0 Å². The Hall–Kier alpha value is -2.67. The highest BCUT2D eigenvalue weighted by atomic mass is 32.2. The van der Waals surface area contributed by atoms with E-state index in [1.807, 2.05) is 19.1 Å². The van der Waals surface area contributed by atoms with Crippen molar-refractivity contribution >= 4 is 27.5 Å². The van der Waals surface area contributed by atoms with Crippen LogP contribution in [0, 0.1) is 6.92 Å². The quantitative estimate of drug-likeness (QED) is 0.779. The second-order valence-corrected chi connectivity index (χ2v) is 9.30. The fraction of sp³-hybridized carbons (Fsp3) is 0.364. The lowest BCUT2D eigenvalue weighted by atomic mass is 9.98. The van der Waals surface area contributed by atoms with Crippen LogP contribution in [-0.4, -0.2) is 30.6 Å². The molecule has 6 nitrogen and oxygen atoms in total. The molecule has 2 aromatic rings. The predicted molar refractivity (Wildman–Crippen MR) is 112 cm³/mol. The number of carbonyl (C=O) groups is 2. The van der Waals surface area contributed by atoms with Crippen molar-refractivity contribution in [3.8, 4) is 0 Å². The predicted octanol–water partition coefficient (Wildman–Crippen LogP) is 3.83. The molecule has 0 bridgehead atoms. The van der Waals surface area contributed by atoms with E-state index in [0.29, 0.717) is 11.6 Å². The van der Waals surface area contributed by atoms with E-state index >= 15 is 0 Å². The fourth-order valence-corrected chi connectivity index (χ4v) is 4.98. The molecule has 0 radical (unpaired) electrons. The van der Waals surface area contributed by atoms with Gasteiger partial charge in [0.05, 0.1) is 4.90 Å². The van der Waals surface area contributed by atoms with Gasteiger partial charge in [-0.05, 0) is 55.5 Å². The molecule has 2 atom stereocenters. The van der Waals surface area contributed by atoms with Crippen molar-refractivity contribution in [3.63, 3.8) is 0 Å². The summed E-state index contributed by atoms with van der Waals surface area (Å²) in [4.78, 5) is 25.2. The molecule has 1 saturated heterocycles. The van der Waals surface area contributed by atoms with E-state index in [-0.39, 0.29) is 17.7 Å². The van der Waals surface area contributed by atoms with Crippen LogP contribution >= 0.6 is 0 Å². The van der Waals surface area contributed by atoms with Gasteiger partial charge in [-0.1, -0.05) is 43.7 Å². The van der Waals surface area contributed by atoms with E-state index in [2.05, 4.69) is 19.2 Å². The van der Waals surface area contributed by atoms with Crippen molar-refractivity contribution < 1.29 is 18.0 Å². The maximum absolute atomic E-state index is 13.0. The third kappa shape index (κ3) is 4.34. The number of hydrogen-bond acceptors (Lipinski definition) is 4. The third-order valence-electron chi connectivity index (χ3n) is 5.40. The molecule has 1 heterocycles. The Labute approximate surface area is 172 Å². The number of nitrogens with zero attached hydrogens (tertiary/aromatic N) is 1. The van der Waals surface area contributed by atoms with Crippen LogP contribution in [0.5, 0.6) is 0 Å². The molecule has 0 spiro atoms. The molecular weight excluding hydrogens is 388 g/mol. The summed E-state index contributed by atoms with van der Waals surface area (Å²) in [5.74, 6) is -0.636. The van der Waals surface area contributed by atoms with Crippen molar-refractivity contribution in [2.75, 3.05) is 5.32 Å². The van der Waals surface area contributed by atoms with Crippen LogP contribution < -0.4 is 5.32 Å². The average molecular weight is 415 g/mol. The lowest BCUT2D eigenvalue weighted by molar-refractivity contribution is -0.128. The zero-order valence-corrected chi connectivity index (χ0v) is 17.7. The number of benzene rings is 2. The van der Waals surface area contributed by atoms with Gasteiger partial charge < -0.3 is 5.32 Å². The van der Waals surface area contributed by atoms with Crippen molar-refractivity contribution in [1.29, 1.82) is 0 Å². The number of amides is 2. The highest BCUT2D eigenvalue weighted by Crippen LogP contribution is 2.28. The van der Waals surface area contributed by atoms with Gasteiger partial charge in [0.2, 0.25) is 11.8 Å². The van der Waals surface area contributed by atoms with Gasteiger partial charge in [-0.3, -0.25) is 9.59 Å². The zero-order valence-electron chi connectivity index (χ0n) is 16.9. The summed E-state index contributed by atoms with van der Waals surface area (Å²) in [6, 6.07) is 12.7. The highest BCUT2D eigenvalue weighted by molar-refractivity contribution is 7.89. The molecule has 29 heavy (non-hydrogen) atoms. The van der Waals surface area contributed by atoms with E-state index in [0.717, 1.165) is 16.3 Å². The lowest BCUT2D eigenvalue weighted by Crippen LogP contribution is -2.45. The third-order valence-corrected chi connectivity index (χ3v) is 7.24. The van der Waals surface area contributed by atoms with Crippen LogP contribution in [0.2, 0.25) is 0 Å². The van der Waals surface area contributed by atoms with Crippen LogP contribution in [0.25, 0.3) is 0 Å². The number of sulfonamides is 1. The van der Waals surface area contributed by atoms with Crippen LogP contribution in [0.3, 0.4) is 0 Å². The molecular formula is C22H26N2O4S. The zero-order chi connectivity index (χ0) is 21.2. The van der Waals surface area contributed by atoms with Gasteiger partial charge >= 0.3 is 0 Å². The summed E-state index contributed by atoms with van der Waals surface area (Å²) < 4.78 is 26.7. The number of anilines is 1. The topological polar surface area (TPSA) is 83.6 Å². The summed E-state index contributed by atoms with van der Waals surface area (Å²) >= 11 is 0. The summed E-state index contributed by atoms with van der Waals surface area (Å²) in [5.41, 5.74) is 2.66. The van der Waals surface area contributed by atoms with Gasteiger partial charge in [-0.15, -0.1) is 0 Å². The molecule has 0 saturated carbocycles. The first-order valence-corrected chi connectivity index (χ1v) is 11.2. The van der Waals surface area contributed by atoms with Crippen LogP contribution in [-0.2, 0) is 19.6 Å². The Morgan fingerprint density at radius 3 is 2.34 bits per heavy atom. The summed E-state index contributed by atoms with van der Waals surface area (Å²) in [7, 11) is -4.09. The highest BCUT2D eigenvalue weighted by Gasteiger charge is 2.44. The maximum Gasteiger partial charge on any atom is 0.267 e. The van der Waals surface area contributed by atoms with Crippen molar-refractivity contribution in [1.82, 2.24) is 4.31 Å². The molecule has 1 fully saturated rings. The molecule has 1 aliphatic rings. The molecule has 7 heteroatoms. The maximum atomic E-state index is 13.0. The van der Waals surface area contributed by atoms with E-state index in [9.17, 15) is 18.0 Å². The van der Waals surface area contributed by atoms with Gasteiger partial charge in [0.1, 0.15) is 6.04 Å². The molecule has 1 N–H and O–H groups in total. The smallest absolute Gasteiger partial charge is 0.267 e. The standard InChI is InChI=1S/C22H26N2O4S/c1-4-16(3)17-7-9-18(10-8-17)23-22(26)20-13-14-21(25)24(20)29(27,28)19-11-5-15(2)6-12-19/h5-12,16,20H,4,13-14H2,1-3H3,(H,23,26)/t16-,20+/m0/s1. The van der Waals surface area contributed by atoms with Gasteiger partial charge in [-0.2, -0.15) is 0 Å². The van der Waals surface area contributed by atoms with Crippen molar-refractivity contribution in [2.45, 2.75) is 56.9 Å². The summed E-state index contributed by atoms with van der Waals surface area (Å²) in [5, 5.41) is 2.75. The van der Waals surface area contributed by atoms with Gasteiger partial charge in [0, 0.05) is 12.1 Å². The van der Waals surface area contributed by atoms with E-state index in [4.69, 9.17) is 0 Å². The molecule has 0 aromatic heterocycles. The van der Waals surface area contributed by atoms with Crippen molar-refractivity contribution in [3.05, 3.63) is 59.7 Å². The summed E-state index contributed by atoms with van der Waals surface area (Å²) in [6.07, 6.45) is 1.21. The molecule has 2 amide bonds. The first-order chi connectivity index (χ1) is 13.7. The van der Waals surface area contributed by atoms with E-state index in [1.54, 1.807) is 24.3 Å². The summed E-state index contributed by atoms with van der Waals surface area (Å²) in [6.45, 7) is 6.09. The molecule has 1 aliphatic heterocycles. The van der Waals surface area contributed by atoms with Crippen LogP contribution in [0.1, 0.15) is 50.2 Å². The first-order valence-electron chi connectivity index (χ1n) is 9.78. The minimum absolute atomic E-state index is 0.00839. The molecule has 0 unspecified atom stereocenters. The molecule has 2 aromatic carbocycles. The number of carbonyl (C=O) groups excluding carboxylic acids is 2. The monoisotopic (exact) mass is 414 g/mol. The first kappa shape index (κ1) is 21.0. The fourth-order valence-electron chi connectivity index (χ4n) is 3.38. The Kier molecular flexibility index (Phi) is 6.07. The van der Waals surface area contributed by atoms with Gasteiger partial charge in [0.15, 0.2) is 0 Å². The SMILES string of the molecule is CC[C@H](C)c1ccc(NC(=O)[C@H]2CCC(=O)N2S(=O)(=O)c2ccc(C)cc2)cc1. The molecule has 154 valence electrons. The minimum atomic E-state index is -4.09. The van der Waals surface area contributed by atoms with E-state index < -0.39 is 27.9 Å². The Bertz CT molecular complexity index is 998. The minimum Gasteiger partial charge on any atom is -0.324 e. The second-order valence-electron chi connectivity index (χ2n) is 7.48. The largest absolute Gasteiger partial charge is 0.324 e. The number of rotatable bonds is 6. The average Bonchev–Trinajstić information content (AvgIpc) is 3.10. The lowest BCUT2D eigenvalue weighted by Gasteiger charge is -2.24. The normalized spacial score (nSPS) is 18.0. The second kappa shape index (κ2) is 8.37. The Morgan fingerprint density at radius 1 is 1.14 bits per heavy atom. The number of hydrogen-bond donors (Lipinski definition) is 1. The van der Waals surface area contributed by atoms with Gasteiger partial charge in [-0.25, -0.2) is 12.7 Å². The Morgan fingerprint density at radius 2 is 1.76 bits per heavy atom. The number of nitrogens with one attached hydrogen (secondary N) is 1. The molecule has 0 aliphatic carbocycles. The Balaban J connectivity index is 1.81. The van der Waals surface area contributed by atoms with E-state index in [1.165, 1.54) is 17.7 Å². The number of aryl methyl sites for hydroxylation is 1. The van der Waals surface area contributed by atoms with Crippen LogP contribution in [0.4, 0.5) is 5.69 Å². The van der Waals surface area contributed by atoms with Crippen LogP contribution in [0.15, 0.2) is 53.4 Å². The van der Waals surface area contributed by atoms with Crippen molar-refractivity contribution in [2.24, 2.45) is 0 Å².